The van der Waals surface area contributed by atoms with E-state index in [1.54, 1.807) is 18.2 Å². The molecule has 1 aliphatic rings. The van der Waals surface area contributed by atoms with Crippen molar-refractivity contribution in [2.75, 3.05) is 7.11 Å². The van der Waals surface area contributed by atoms with Gasteiger partial charge in [-0.05, 0) is 37.0 Å². The maximum atomic E-state index is 12.1. The van der Waals surface area contributed by atoms with Gasteiger partial charge in [0.1, 0.15) is 11.8 Å². The van der Waals surface area contributed by atoms with Crippen LogP contribution >= 0.6 is 15.9 Å². The van der Waals surface area contributed by atoms with Crippen molar-refractivity contribution in [1.29, 1.82) is 0 Å². The summed E-state index contributed by atoms with van der Waals surface area (Å²) in [5.74, 6) is -0.970. The van der Waals surface area contributed by atoms with E-state index in [4.69, 9.17) is 9.84 Å². The fourth-order valence-corrected chi connectivity index (χ4v) is 2.25. The summed E-state index contributed by atoms with van der Waals surface area (Å²) in [6, 6.07) is 4.20. The third kappa shape index (κ3) is 3.26. The average Bonchev–Trinajstić information content (AvgIpc) is 3.19. The number of halogens is 1. The first kappa shape index (κ1) is 13.9. The van der Waals surface area contributed by atoms with Crippen molar-refractivity contribution in [2.24, 2.45) is 5.92 Å². The van der Waals surface area contributed by atoms with E-state index >= 15 is 0 Å². The molecular formula is C13H14BrNO4. The lowest BCUT2D eigenvalue weighted by molar-refractivity contribution is -0.139. The molecule has 1 fully saturated rings. The Hall–Kier alpha value is -1.56. The lowest BCUT2D eigenvalue weighted by Crippen LogP contribution is -2.42. The van der Waals surface area contributed by atoms with Crippen LogP contribution in [0.25, 0.3) is 0 Å². The molecule has 1 saturated carbocycles. The van der Waals surface area contributed by atoms with Gasteiger partial charge in [0.15, 0.2) is 0 Å². The van der Waals surface area contributed by atoms with Gasteiger partial charge in [0.2, 0.25) is 0 Å². The summed E-state index contributed by atoms with van der Waals surface area (Å²) < 4.78 is 5.84. The van der Waals surface area contributed by atoms with Crippen LogP contribution in [-0.2, 0) is 4.79 Å². The summed E-state index contributed by atoms with van der Waals surface area (Å²) in [4.78, 5) is 23.3. The van der Waals surface area contributed by atoms with Gasteiger partial charge in [-0.3, -0.25) is 4.79 Å². The Morgan fingerprint density at radius 3 is 2.68 bits per heavy atom. The zero-order valence-electron chi connectivity index (χ0n) is 10.4. The van der Waals surface area contributed by atoms with Crippen LogP contribution in [0.4, 0.5) is 0 Å². The van der Waals surface area contributed by atoms with E-state index in [1.807, 2.05) is 0 Å². The molecule has 0 aliphatic heterocycles. The summed E-state index contributed by atoms with van der Waals surface area (Å²) in [5, 5.41) is 11.7. The van der Waals surface area contributed by atoms with E-state index in [1.165, 1.54) is 7.11 Å². The van der Waals surface area contributed by atoms with E-state index in [-0.39, 0.29) is 5.92 Å². The number of ether oxygens (including phenoxy) is 1. The standard InChI is InChI=1S/C13H14BrNO4/c1-19-10-5-4-8(14)6-9(10)12(16)15-11(13(17)18)7-2-3-7/h4-7,11H,2-3H2,1H3,(H,15,16)(H,17,18). The highest BCUT2D eigenvalue weighted by molar-refractivity contribution is 9.10. The van der Waals surface area contributed by atoms with Crippen molar-refractivity contribution in [3.63, 3.8) is 0 Å². The van der Waals surface area contributed by atoms with Crippen molar-refractivity contribution >= 4 is 27.8 Å². The van der Waals surface area contributed by atoms with Crippen molar-refractivity contribution in [2.45, 2.75) is 18.9 Å². The maximum absolute atomic E-state index is 12.1. The lowest BCUT2D eigenvalue weighted by Gasteiger charge is -2.15. The number of carbonyl (C=O) groups is 2. The Morgan fingerprint density at radius 2 is 2.16 bits per heavy atom. The van der Waals surface area contributed by atoms with Crippen molar-refractivity contribution < 1.29 is 19.4 Å². The Labute approximate surface area is 119 Å². The van der Waals surface area contributed by atoms with Crippen molar-refractivity contribution in [1.82, 2.24) is 5.32 Å². The second-order valence-electron chi connectivity index (χ2n) is 4.47. The number of carboxylic acid groups (broad SMARTS) is 1. The van der Waals surface area contributed by atoms with Gasteiger partial charge >= 0.3 is 5.97 Å². The number of nitrogens with one attached hydrogen (secondary N) is 1. The molecule has 0 bridgehead atoms. The smallest absolute Gasteiger partial charge is 0.326 e. The van der Waals surface area contributed by atoms with Crippen LogP contribution in [0.2, 0.25) is 0 Å². The zero-order valence-corrected chi connectivity index (χ0v) is 11.9. The molecule has 0 radical (unpaired) electrons. The third-order valence-corrected chi connectivity index (χ3v) is 3.55. The molecule has 1 atom stereocenters. The Morgan fingerprint density at radius 1 is 1.47 bits per heavy atom. The van der Waals surface area contributed by atoms with Crippen LogP contribution < -0.4 is 10.1 Å². The van der Waals surface area contributed by atoms with Crippen LogP contribution in [-0.4, -0.2) is 30.1 Å². The quantitative estimate of drug-likeness (QED) is 0.867. The summed E-state index contributed by atoms with van der Waals surface area (Å²) in [5.41, 5.74) is 0.323. The van der Waals surface area contributed by atoms with Crippen LogP contribution in [0.5, 0.6) is 5.75 Å². The third-order valence-electron chi connectivity index (χ3n) is 3.05. The minimum atomic E-state index is -0.996. The summed E-state index contributed by atoms with van der Waals surface area (Å²) in [6.07, 6.45) is 1.68. The first-order valence-corrected chi connectivity index (χ1v) is 6.69. The first-order valence-electron chi connectivity index (χ1n) is 5.90. The number of hydrogen-bond donors (Lipinski definition) is 2. The molecule has 102 valence electrons. The molecule has 2 rings (SSSR count). The molecule has 0 spiro atoms. The second kappa shape index (κ2) is 5.61. The molecule has 1 aromatic carbocycles. The molecular weight excluding hydrogens is 314 g/mol. The van der Waals surface area contributed by atoms with Crippen molar-refractivity contribution in [3.05, 3.63) is 28.2 Å². The van der Waals surface area contributed by atoms with Gasteiger partial charge in [-0.2, -0.15) is 0 Å². The molecule has 1 unspecified atom stereocenters. The largest absolute Gasteiger partial charge is 0.496 e. The van der Waals surface area contributed by atoms with E-state index in [2.05, 4.69) is 21.2 Å². The molecule has 6 heteroatoms. The highest BCUT2D eigenvalue weighted by atomic mass is 79.9. The van der Waals surface area contributed by atoms with Gasteiger partial charge in [-0.1, -0.05) is 15.9 Å². The minimum absolute atomic E-state index is 0.0413. The molecule has 1 aromatic rings. The predicted molar refractivity (Wildman–Crippen MR) is 72.3 cm³/mol. The molecule has 0 heterocycles. The highest BCUT2D eigenvalue weighted by Crippen LogP contribution is 2.33. The van der Waals surface area contributed by atoms with Crippen LogP contribution in [0.3, 0.4) is 0 Å². The van der Waals surface area contributed by atoms with Crippen LogP contribution in [0.1, 0.15) is 23.2 Å². The van der Waals surface area contributed by atoms with E-state index in [9.17, 15) is 9.59 Å². The number of carbonyl (C=O) groups excluding carboxylic acids is 1. The lowest BCUT2D eigenvalue weighted by atomic mass is 10.1. The molecule has 1 aliphatic carbocycles. The van der Waals surface area contributed by atoms with Crippen LogP contribution in [0.15, 0.2) is 22.7 Å². The van der Waals surface area contributed by atoms with Gasteiger partial charge in [0.25, 0.3) is 5.91 Å². The van der Waals surface area contributed by atoms with Gasteiger partial charge in [0.05, 0.1) is 12.7 Å². The minimum Gasteiger partial charge on any atom is -0.496 e. The topological polar surface area (TPSA) is 75.6 Å². The Bertz CT molecular complexity index is 513. The Kier molecular flexibility index (Phi) is 4.09. The fraction of sp³-hybridized carbons (Fsp3) is 0.385. The number of rotatable bonds is 5. The number of methoxy groups -OCH3 is 1. The molecule has 2 N–H and O–H groups in total. The van der Waals surface area contributed by atoms with E-state index < -0.39 is 17.9 Å². The maximum Gasteiger partial charge on any atom is 0.326 e. The SMILES string of the molecule is COc1ccc(Br)cc1C(=O)NC(C(=O)O)C1CC1. The van der Waals surface area contributed by atoms with E-state index in [0.29, 0.717) is 11.3 Å². The summed E-state index contributed by atoms with van der Waals surface area (Å²) in [7, 11) is 1.47. The van der Waals surface area contributed by atoms with Gasteiger partial charge in [-0.25, -0.2) is 4.79 Å². The fourth-order valence-electron chi connectivity index (χ4n) is 1.89. The Balaban J connectivity index is 2.19. The zero-order chi connectivity index (χ0) is 14.0. The van der Waals surface area contributed by atoms with E-state index in [0.717, 1.165) is 17.3 Å². The number of hydrogen-bond acceptors (Lipinski definition) is 3. The number of carboxylic acids is 1. The number of benzene rings is 1. The molecule has 5 nitrogen and oxygen atoms in total. The molecule has 0 aromatic heterocycles. The van der Waals surface area contributed by atoms with Crippen LogP contribution in [0, 0.1) is 5.92 Å². The van der Waals surface area contributed by atoms with Crippen molar-refractivity contribution in [3.8, 4) is 5.75 Å². The monoisotopic (exact) mass is 327 g/mol. The summed E-state index contributed by atoms with van der Waals surface area (Å²) in [6.45, 7) is 0. The van der Waals surface area contributed by atoms with Gasteiger partial charge < -0.3 is 15.2 Å². The predicted octanol–water partition coefficient (Wildman–Crippen LogP) is 2.05. The first-order chi connectivity index (χ1) is 9.02. The normalized spacial score (nSPS) is 15.7. The summed E-state index contributed by atoms with van der Waals surface area (Å²) >= 11 is 3.28. The number of amides is 1. The molecule has 1 amide bonds. The molecule has 0 saturated heterocycles. The van der Waals surface area contributed by atoms with Gasteiger partial charge in [-0.15, -0.1) is 0 Å². The second-order valence-corrected chi connectivity index (χ2v) is 5.39. The highest BCUT2D eigenvalue weighted by Gasteiger charge is 2.37. The molecule has 19 heavy (non-hydrogen) atoms. The number of aliphatic carboxylic acids is 1. The average molecular weight is 328 g/mol. The van der Waals surface area contributed by atoms with Gasteiger partial charge in [0, 0.05) is 4.47 Å².